The fourth-order valence-electron chi connectivity index (χ4n) is 3.28. The Morgan fingerprint density at radius 1 is 1.07 bits per heavy atom. The Hall–Kier alpha value is -2.58. The van der Waals surface area contributed by atoms with Crippen molar-refractivity contribution in [1.82, 2.24) is 10.3 Å². The van der Waals surface area contributed by atoms with E-state index in [2.05, 4.69) is 39.8 Å². The van der Waals surface area contributed by atoms with E-state index < -0.39 is 11.6 Å². The number of halogens is 2. The molecule has 2 aromatic rings. The van der Waals surface area contributed by atoms with Crippen molar-refractivity contribution in [3.05, 3.63) is 65.2 Å². The SMILES string of the molecule is NC(=S)NN=Cc1ccc(N2CCCN(Cc3ccccc3)CC2)c(F)c1F. The number of rotatable bonds is 5. The van der Waals surface area contributed by atoms with Crippen molar-refractivity contribution >= 4 is 29.2 Å². The van der Waals surface area contributed by atoms with E-state index in [1.807, 2.05) is 23.1 Å². The fraction of sp³-hybridized carbons (Fsp3) is 0.300. The highest BCUT2D eigenvalue weighted by molar-refractivity contribution is 7.80. The van der Waals surface area contributed by atoms with Gasteiger partial charge in [0.2, 0.25) is 0 Å². The van der Waals surface area contributed by atoms with Crippen molar-refractivity contribution in [1.29, 1.82) is 0 Å². The van der Waals surface area contributed by atoms with Crippen molar-refractivity contribution in [3.8, 4) is 0 Å². The average Bonchev–Trinajstić information content (AvgIpc) is 2.91. The van der Waals surface area contributed by atoms with Gasteiger partial charge in [-0.05, 0) is 36.3 Å². The van der Waals surface area contributed by atoms with Crippen molar-refractivity contribution in [2.45, 2.75) is 13.0 Å². The summed E-state index contributed by atoms with van der Waals surface area (Å²) in [5.74, 6) is -1.80. The fourth-order valence-corrected chi connectivity index (χ4v) is 3.33. The van der Waals surface area contributed by atoms with Gasteiger partial charge in [0.25, 0.3) is 0 Å². The maximum Gasteiger partial charge on any atom is 0.184 e. The van der Waals surface area contributed by atoms with Crippen LogP contribution in [0, 0.1) is 11.6 Å². The standard InChI is InChI=1S/C20H23F2N5S/c21-18-16(13-24-25-20(23)28)7-8-17(19(18)22)27-10-4-9-26(11-12-27)14-15-5-2-1-3-6-15/h1-3,5-8,13H,4,9-12,14H2,(H3,23,25,28). The van der Waals surface area contributed by atoms with E-state index in [0.29, 0.717) is 13.1 Å². The van der Waals surface area contributed by atoms with Crippen molar-refractivity contribution in [3.63, 3.8) is 0 Å². The molecule has 0 amide bonds. The molecule has 3 rings (SSSR count). The van der Waals surface area contributed by atoms with Crippen LogP contribution < -0.4 is 16.1 Å². The predicted octanol–water partition coefficient (Wildman–Crippen LogP) is 2.84. The number of hydrazone groups is 1. The second-order valence-corrected chi connectivity index (χ2v) is 7.08. The lowest BCUT2D eigenvalue weighted by atomic mass is 10.1. The van der Waals surface area contributed by atoms with E-state index >= 15 is 0 Å². The molecule has 0 unspecified atom stereocenters. The number of thiocarbonyl (C=S) groups is 1. The maximum absolute atomic E-state index is 14.6. The first-order valence-electron chi connectivity index (χ1n) is 9.12. The van der Waals surface area contributed by atoms with E-state index in [9.17, 15) is 8.78 Å². The summed E-state index contributed by atoms with van der Waals surface area (Å²) in [6.45, 7) is 3.89. The summed E-state index contributed by atoms with van der Waals surface area (Å²) in [4.78, 5) is 4.24. The minimum absolute atomic E-state index is 0.0329. The van der Waals surface area contributed by atoms with Crippen LogP contribution in [0.3, 0.4) is 0 Å². The van der Waals surface area contributed by atoms with Gasteiger partial charge in [-0.25, -0.2) is 8.78 Å². The summed E-state index contributed by atoms with van der Waals surface area (Å²) in [7, 11) is 0. The minimum atomic E-state index is -0.934. The largest absolute Gasteiger partial charge is 0.375 e. The molecule has 8 heteroatoms. The predicted molar refractivity (Wildman–Crippen MR) is 112 cm³/mol. The molecule has 2 aromatic carbocycles. The van der Waals surface area contributed by atoms with Crippen LogP contribution >= 0.6 is 12.2 Å². The number of anilines is 1. The summed E-state index contributed by atoms with van der Waals surface area (Å²) in [5, 5.41) is 3.64. The third kappa shape index (κ3) is 5.24. The Labute approximate surface area is 168 Å². The smallest absolute Gasteiger partial charge is 0.184 e. The maximum atomic E-state index is 14.6. The van der Waals surface area contributed by atoms with Gasteiger partial charge < -0.3 is 10.6 Å². The second kappa shape index (κ2) is 9.57. The summed E-state index contributed by atoms with van der Waals surface area (Å²) < 4.78 is 29.1. The average molecular weight is 404 g/mol. The summed E-state index contributed by atoms with van der Waals surface area (Å²) in [5.41, 5.74) is 9.14. The van der Waals surface area contributed by atoms with E-state index in [-0.39, 0.29) is 16.4 Å². The van der Waals surface area contributed by atoms with Gasteiger partial charge in [-0.15, -0.1) is 0 Å². The van der Waals surface area contributed by atoms with Crippen molar-refractivity contribution in [2.75, 3.05) is 31.1 Å². The van der Waals surface area contributed by atoms with Gasteiger partial charge in [-0.2, -0.15) is 5.10 Å². The van der Waals surface area contributed by atoms with Gasteiger partial charge in [0.05, 0.1) is 11.9 Å². The molecule has 1 aliphatic rings. The van der Waals surface area contributed by atoms with Crippen LogP contribution in [0.5, 0.6) is 0 Å². The molecule has 0 saturated carbocycles. The molecule has 148 valence electrons. The van der Waals surface area contributed by atoms with Crippen LogP contribution in [-0.2, 0) is 6.54 Å². The number of nitrogens with two attached hydrogens (primary N) is 1. The normalized spacial score (nSPS) is 15.6. The number of nitrogens with zero attached hydrogens (tertiary/aromatic N) is 3. The summed E-state index contributed by atoms with van der Waals surface area (Å²) in [6, 6.07) is 13.4. The molecule has 0 bridgehead atoms. The molecule has 0 atom stereocenters. The molecule has 0 radical (unpaired) electrons. The third-order valence-corrected chi connectivity index (χ3v) is 4.74. The number of hydrogen-bond donors (Lipinski definition) is 2. The van der Waals surface area contributed by atoms with Crippen molar-refractivity contribution < 1.29 is 8.78 Å². The lowest BCUT2D eigenvalue weighted by Crippen LogP contribution is -2.31. The molecule has 3 N–H and O–H groups in total. The first-order valence-corrected chi connectivity index (χ1v) is 9.53. The van der Waals surface area contributed by atoms with Gasteiger partial charge in [-0.1, -0.05) is 30.3 Å². The van der Waals surface area contributed by atoms with E-state index in [1.165, 1.54) is 11.6 Å². The highest BCUT2D eigenvalue weighted by Crippen LogP contribution is 2.25. The van der Waals surface area contributed by atoms with Crippen LogP contribution in [0.1, 0.15) is 17.5 Å². The van der Waals surface area contributed by atoms with Gasteiger partial charge in [0.15, 0.2) is 16.7 Å². The zero-order valence-electron chi connectivity index (χ0n) is 15.4. The molecular weight excluding hydrogens is 380 g/mol. The lowest BCUT2D eigenvalue weighted by molar-refractivity contribution is 0.285. The Kier molecular flexibility index (Phi) is 6.89. The quantitative estimate of drug-likeness (QED) is 0.457. The molecule has 5 nitrogen and oxygen atoms in total. The zero-order valence-corrected chi connectivity index (χ0v) is 16.3. The van der Waals surface area contributed by atoms with Gasteiger partial charge in [-0.3, -0.25) is 10.3 Å². The number of hydrogen-bond acceptors (Lipinski definition) is 4. The van der Waals surface area contributed by atoms with Crippen molar-refractivity contribution in [2.24, 2.45) is 10.8 Å². The molecular formula is C20H23F2N5S. The molecule has 1 saturated heterocycles. The number of nitrogens with one attached hydrogen (secondary N) is 1. The second-order valence-electron chi connectivity index (χ2n) is 6.64. The van der Waals surface area contributed by atoms with Gasteiger partial charge >= 0.3 is 0 Å². The molecule has 0 spiro atoms. The molecule has 0 aromatic heterocycles. The Bertz CT molecular complexity index is 844. The van der Waals surface area contributed by atoms with E-state index in [1.54, 1.807) is 6.07 Å². The van der Waals surface area contributed by atoms with Gasteiger partial charge in [0, 0.05) is 38.3 Å². The molecule has 1 heterocycles. The Balaban J connectivity index is 1.67. The first-order chi connectivity index (χ1) is 13.5. The highest BCUT2D eigenvalue weighted by Gasteiger charge is 2.21. The summed E-state index contributed by atoms with van der Waals surface area (Å²) in [6.07, 6.45) is 2.04. The van der Waals surface area contributed by atoms with Gasteiger partial charge in [0.1, 0.15) is 0 Å². The van der Waals surface area contributed by atoms with Crippen LogP contribution in [0.4, 0.5) is 14.5 Å². The Morgan fingerprint density at radius 3 is 2.61 bits per heavy atom. The van der Waals surface area contributed by atoms with Crippen LogP contribution in [0.25, 0.3) is 0 Å². The monoisotopic (exact) mass is 403 g/mol. The van der Waals surface area contributed by atoms with E-state index in [4.69, 9.17) is 5.73 Å². The number of benzene rings is 2. The zero-order chi connectivity index (χ0) is 19.9. The topological polar surface area (TPSA) is 56.9 Å². The molecule has 1 fully saturated rings. The molecule has 1 aliphatic heterocycles. The summed E-state index contributed by atoms with van der Waals surface area (Å²) >= 11 is 4.61. The highest BCUT2D eigenvalue weighted by atomic mass is 32.1. The first kappa shape index (κ1) is 20.2. The van der Waals surface area contributed by atoms with E-state index in [0.717, 1.165) is 32.3 Å². The molecule has 28 heavy (non-hydrogen) atoms. The Morgan fingerprint density at radius 2 is 1.86 bits per heavy atom. The van der Waals surface area contributed by atoms with Crippen LogP contribution in [0.2, 0.25) is 0 Å². The van der Waals surface area contributed by atoms with Crippen LogP contribution in [-0.4, -0.2) is 42.4 Å². The minimum Gasteiger partial charge on any atom is -0.375 e. The van der Waals surface area contributed by atoms with Crippen LogP contribution in [0.15, 0.2) is 47.6 Å². The molecule has 0 aliphatic carbocycles. The third-order valence-electron chi connectivity index (χ3n) is 4.65. The lowest BCUT2D eigenvalue weighted by Gasteiger charge is -2.24.